The van der Waals surface area contributed by atoms with E-state index in [1.54, 1.807) is 12.1 Å². The Balaban J connectivity index is 1.46. The van der Waals surface area contributed by atoms with Gasteiger partial charge in [0.25, 0.3) is 10.0 Å². The Kier molecular flexibility index (Phi) is 6.92. The minimum Gasteiger partial charge on any atom is -0.481 e. The van der Waals surface area contributed by atoms with Gasteiger partial charge in [-0.25, -0.2) is 31.1 Å². The number of carboxylic acids is 1. The number of nitrogens with one attached hydrogen (secondary N) is 1. The Hall–Kier alpha value is -4.38. The molecule has 0 amide bonds. The van der Waals surface area contributed by atoms with Crippen molar-refractivity contribution in [2.24, 2.45) is 17.8 Å². The van der Waals surface area contributed by atoms with E-state index in [0.717, 1.165) is 52.4 Å². The number of hydrogen-bond acceptors (Lipinski definition) is 6. The number of carboxylic acid groups (broad SMARTS) is 1. The van der Waals surface area contributed by atoms with Crippen LogP contribution in [0.3, 0.4) is 0 Å². The van der Waals surface area contributed by atoms with Gasteiger partial charge >= 0.3 is 5.97 Å². The van der Waals surface area contributed by atoms with E-state index in [1.807, 2.05) is 32.9 Å². The molecule has 232 valence electrons. The van der Waals surface area contributed by atoms with Crippen LogP contribution >= 0.6 is 0 Å². The van der Waals surface area contributed by atoms with Crippen LogP contribution in [0.2, 0.25) is 0 Å². The second kappa shape index (κ2) is 10.6. The number of nitrogens with zero attached hydrogens (tertiary/aromatic N) is 3. The number of aryl methyl sites for hydroxylation is 3. The molecule has 0 saturated heterocycles. The third kappa shape index (κ3) is 4.75. The van der Waals surface area contributed by atoms with Gasteiger partial charge in [-0.1, -0.05) is 23.8 Å². The summed E-state index contributed by atoms with van der Waals surface area (Å²) >= 11 is 0. The molecule has 2 N–H and O–H groups in total. The zero-order chi connectivity index (χ0) is 31.8. The Bertz CT molecular complexity index is 2120. The highest BCUT2D eigenvalue weighted by molar-refractivity contribution is 7.90. The summed E-state index contributed by atoms with van der Waals surface area (Å²) in [7, 11) is -4.30. The molecule has 2 heterocycles. The van der Waals surface area contributed by atoms with Gasteiger partial charge in [-0.15, -0.1) is 0 Å². The van der Waals surface area contributed by atoms with Crippen LogP contribution in [0.1, 0.15) is 42.4 Å². The first-order valence-corrected chi connectivity index (χ1v) is 16.5. The van der Waals surface area contributed by atoms with Crippen LogP contribution in [-0.2, 0) is 14.8 Å². The summed E-state index contributed by atoms with van der Waals surface area (Å²) in [5.41, 5.74) is 3.06. The molecule has 8 rings (SSSR count). The summed E-state index contributed by atoms with van der Waals surface area (Å²) < 4.78 is 58.7. The molecule has 3 aliphatic carbocycles. The van der Waals surface area contributed by atoms with Crippen molar-refractivity contribution in [1.82, 2.24) is 13.9 Å². The van der Waals surface area contributed by atoms with Crippen molar-refractivity contribution in [1.29, 1.82) is 0 Å². The fourth-order valence-electron chi connectivity index (χ4n) is 7.27. The molecule has 45 heavy (non-hydrogen) atoms. The van der Waals surface area contributed by atoms with Gasteiger partial charge in [0, 0.05) is 34.6 Å². The molecule has 0 spiro atoms. The Morgan fingerprint density at radius 1 is 0.933 bits per heavy atom. The van der Waals surface area contributed by atoms with Gasteiger partial charge in [-0.05, 0) is 93.7 Å². The maximum atomic E-state index is 15.5. The van der Waals surface area contributed by atoms with Crippen LogP contribution < -0.4 is 5.32 Å². The van der Waals surface area contributed by atoms with Crippen molar-refractivity contribution in [3.63, 3.8) is 0 Å². The van der Waals surface area contributed by atoms with Gasteiger partial charge in [0.05, 0.1) is 16.3 Å². The number of aliphatic carboxylic acids is 1. The highest BCUT2D eigenvalue weighted by atomic mass is 32.2. The Morgan fingerprint density at radius 3 is 2.31 bits per heavy atom. The zero-order valence-corrected chi connectivity index (χ0v) is 25.8. The Morgan fingerprint density at radius 2 is 1.62 bits per heavy atom. The molecule has 2 unspecified atom stereocenters. The zero-order valence-electron chi connectivity index (χ0n) is 25.0. The van der Waals surface area contributed by atoms with Gasteiger partial charge in [0.1, 0.15) is 17.2 Å². The lowest BCUT2D eigenvalue weighted by molar-refractivity contribution is -0.148. The van der Waals surface area contributed by atoms with Crippen molar-refractivity contribution >= 4 is 43.6 Å². The number of halogens is 2. The molecule has 0 aliphatic heterocycles. The van der Waals surface area contributed by atoms with Crippen LogP contribution in [0.4, 0.5) is 14.6 Å². The predicted octanol–water partition coefficient (Wildman–Crippen LogP) is 6.99. The third-order valence-electron chi connectivity index (χ3n) is 9.80. The lowest BCUT2D eigenvalue weighted by Gasteiger charge is -2.47. The van der Waals surface area contributed by atoms with E-state index < -0.39 is 33.5 Å². The quantitative estimate of drug-likeness (QED) is 0.208. The molecule has 3 aromatic carbocycles. The number of benzene rings is 3. The average molecular weight is 631 g/mol. The molecule has 2 atom stereocenters. The first-order chi connectivity index (χ1) is 21.4. The van der Waals surface area contributed by atoms with E-state index in [0.29, 0.717) is 22.8 Å². The molecule has 8 nitrogen and oxygen atoms in total. The molecular weight excluding hydrogens is 598 g/mol. The molecule has 5 aromatic rings. The van der Waals surface area contributed by atoms with Crippen LogP contribution in [0.15, 0.2) is 59.6 Å². The maximum absolute atomic E-state index is 15.5. The second-order valence-corrected chi connectivity index (χ2v) is 14.3. The summed E-state index contributed by atoms with van der Waals surface area (Å²) in [5.74, 6) is -2.65. The van der Waals surface area contributed by atoms with Crippen LogP contribution in [0.25, 0.3) is 33.2 Å². The number of carbonyl (C=O) groups is 1. The maximum Gasteiger partial charge on any atom is 0.308 e. The molecule has 2 aromatic heterocycles. The lowest BCUT2D eigenvalue weighted by atomic mass is 9.61. The first kappa shape index (κ1) is 29.3. The molecule has 0 radical (unpaired) electrons. The standard InChI is InChI=1S/C34H32F2N4O4S/c1-17-4-11-23(12-5-17)45(43,44)40-16-26(25-14-22(35)15-27(36)31(25)40)33-37-29-19(3)18(2)6-13-24(29)32(39-33)38-30-21-9-7-20(8-10-21)28(30)34(41)42/h4-6,11-16,20-21,28,30H,7-10H2,1-3H3,(H,41,42)(H,37,38,39). The van der Waals surface area contributed by atoms with Gasteiger partial charge in [-0.2, -0.15) is 0 Å². The number of aromatic nitrogens is 3. The fourth-order valence-corrected chi connectivity index (χ4v) is 8.65. The largest absolute Gasteiger partial charge is 0.481 e. The number of hydrogen-bond donors (Lipinski definition) is 2. The third-order valence-corrected chi connectivity index (χ3v) is 11.5. The summed E-state index contributed by atoms with van der Waals surface area (Å²) in [6.45, 7) is 5.67. The average Bonchev–Trinajstić information content (AvgIpc) is 3.40. The number of anilines is 1. The highest BCUT2D eigenvalue weighted by Crippen LogP contribution is 2.47. The normalized spacial score (nSPS) is 21.4. The van der Waals surface area contributed by atoms with E-state index in [2.05, 4.69) is 5.32 Å². The molecule has 3 saturated carbocycles. The minimum atomic E-state index is -4.30. The van der Waals surface area contributed by atoms with Gasteiger partial charge in [-0.3, -0.25) is 4.79 Å². The van der Waals surface area contributed by atoms with Crippen molar-refractivity contribution < 1.29 is 27.1 Å². The van der Waals surface area contributed by atoms with Gasteiger partial charge < -0.3 is 10.4 Å². The summed E-state index contributed by atoms with van der Waals surface area (Å²) in [5, 5.41) is 14.3. The predicted molar refractivity (Wildman–Crippen MR) is 168 cm³/mol. The number of fused-ring (bicyclic) bond motifs is 5. The lowest BCUT2D eigenvalue weighted by Crippen LogP contribution is -2.51. The van der Waals surface area contributed by atoms with E-state index in [9.17, 15) is 22.7 Å². The van der Waals surface area contributed by atoms with Crippen molar-refractivity contribution in [2.75, 3.05) is 5.32 Å². The van der Waals surface area contributed by atoms with E-state index >= 15 is 4.39 Å². The van der Waals surface area contributed by atoms with Crippen molar-refractivity contribution in [2.45, 2.75) is 57.4 Å². The summed E-state index contributed by atoms with van der Waals surface area (Å²) in [6, 6.07) is 11.4. The summed E-state index contributed by atoms with van der Waals surface area (Å²) in [6.07, 6.45) is 4.83. The van der Waals surface area contributed by atoms with E-state index in [1.165, 1.54) is 18.3 Å². The minimum absolute atomic E-state index is 0.000992. The molecule has 11 heteroatoms. The first-order valence-electron chi connectivity index (χ1n) is 15.0. The summed E-state index contributed by atoms with van der Waals surface area (Å²) in [4.78, 5) is 22.0. The number of rotatable bonds is 6. The van der Waals surface area contributed by atoms with E-state index in [-0.39, 0.29) is 45.1 Å². The molecule has 3 fully saturated rings. The van der Waals surface area contributed by atoms with Crippen LogP contribution in [-0.4, -0.2) is 39.5 Å². The van der Waals surface area contributed by atoms with Crippen molar-refractivity contribution in [3.8, 4) is 11.4 Å². The topological polar surface area (TPSA) is 114 Å². The van der Waals surface area contributed by atoms with Gasteiger partial charge in [0.2, 0.25) is 0 Å². The molecule has 3 aliphatic rings. The molecule has 2 bridgehead atoms. The highest BCUT2D eigenvalue weighted by Gasteiger charge is 2.47. The fraction of sp³-hybridized carbons (Fsp3) is 0.324. The SMILES string of the molecule is Cc1ccc(S(=O)(=O)n2cc(-c3nc(NC4C5CCC(CC5)C4C(=O)O)c4ccc(C)c(C)c4n3)c3cc(F)cc(F)c32)cc1. The second-order valence-electron chi connectivity index (χ2n) is 12.4. The van der Waals surface area contributed by atoms with Crippen molar-refractivity contribution in [3.05, 3.63) is 83.1 Å². The Labute approximate surface area is 259 Å². The van der Waals surface area contributed by atoms with Crippen LogP contribution in [0, 0.1) is 50.2 Å². The molecular formula is C34H32F2N4O4S. The van der Waals surface area contributed by atoms with Gasteiger partial charge in [0.15, 0.2) is 11.6 Å². The van der Waals surface area contributed by atoms with Crippen LogP contribution in [0.5, 0.6) is 0 Å². The smallest absolute Gasteiger partial charge is 0.308 e. The van der Waals surface area contributed by atoms with E-state index in [4.69, 9.17) is 9.97 Å². The monoisotopic (exact) mass is 630 g/mol.